The topological polar surface area (TPSA) is 43.6 Å². The lowest BCUT2D eigenvalue weighted by molar-refractivity contribution is 0.0275. The van der Waals surface area contributed by atoms with Gasteiger partial charge in [0.1, 0.15) is 0 Å². The fourth-order valence-corrected chi connectivity index (χ4v) is 0.479. The van der Waals surface area contributed by atoms with Gasteiger partial charge < -0.3 is 0 Å². The van der Waals surface area contributed by atoms with Crippen LogP contribution < -0.4 is 0 Å². The van der Waals surface area contributed by atoms with Crippen molar-refractivity contribution < 1.29 is 0 Å². The van der Waals surface area contributed by atoms with Crippen LogP contribution >= 0.6 is 0 Å². The zero-order chi connectivity index (χ0) is 6.69. The molecule has 0 atom stereocenters. The molecule has 5 nitrogen and oxygen atoms in total. The smallest absolute Gasteiger partial charge is 0.165 e. The molecule has 0 aromatic rings. The molecule has 5 heteroatoms. The summed E-state index contributed by atoms with van der Waals surface area (Å²) in [7, 11) is 3.80. The molecule has 50 valence electrons. The Morgan fingerprint density at radius 1 is 1.56 bits per heavy atom. The first-order valence-corrected chi connectivity index (χ1v) is 2.64. The summed E-state index contributed by atoms with van der Waals surface area (Å²) in [5.41, 5.74) is 0. The average molecular weight is 127 g/mol. The molecule has 1 rings (SSSR count). The fraction of sp³-hybridized carbons (Fsp3) is 0.750. The minimum atomic E-state index is 0.517. The molecule has 0 N–H and O–H groups in total. The molecule has 9 heavy (non-hydrogen) atoms. The van der Waals surface area contributed by atoms with Crippen LogP contribution in [0.3, 0.4) is 0 Å². The fourth-order valence-electron chi connectivity index (χ4n) is 0.479. The molecule has 0 aliphatic carbocycles. The third-order valence-electron chi connectivity index (χ3n) is 0.970. The Balaban J connectivity index is 2.46. The summed E-state index contributed by atoms with van der Waals surface area (Å²) in [6.07, 6.45) is 1.42. The van der Waals surface area contributed by atoms with Crippen LogP contribution in [0.15, 0.2) is 15.3 Å². The molecule has 0 unspecified atom stereocenters. The zero-order valence-electron chi connectivity index (χ0n) is 5.52. The van der Waals surface area contributed by atoms with Gasteiger partial charge in [0.05, 0.1) is 0 Å². The second-order valence-corrected chi connectivity index (χ2v) is 1.85. The molecule has 0 radical (unpaired) electrons. The molecule has 0 aromatic heterocycles. The summed E-state index contributed by atoms with van der Waals surface area (Å²) < 4.78 is 0. The van der Waals surface area contributed by atoms with Gasteiger partial charge in [-0.15, -0.1) is 10.2 Å². The maximum absolute atomic E-state index is 3.90. The van der Waals surface area contributed by atoms with Crippen molar-refractivity contribution >= 4 is 6.34 Å². The Morgan fingerprint density at radius 2 is 2.33 bits per heavy atom. The van der Waals surface area contributed by atoms with Crippen LogP contribution in [0.2, 0.25) is 0 Å². The van der Waals surface area contributed by atoms with E-state index in [4.69, 9.17) is 0 Å². The summed E-state index contributed by atoms with van der Waals surface area (Å²) in [6, 6.07) is 0. The lowest BCUT2D eigenvalue weighted by Crippen LogP contribution is -2.33. The Hall–Kier alpha value is -0.970. The molecule has 0 spiro atoms. The van der Waals surface area contributed by atoms with Crippen molar-refractivity contribution in [2.75, 3.05) is 20.8 Å². The van der Waals surface area contributed by atoms with Crippen molar-refractivity contribution in [1.82, 2.24) is 10.1 Å². The van der Waals surface area contributed by atoms with E-state index in [2.05, 4.69) is 15.3 Å². The highest BCUT2D eigenvalue weighted by Crippen LogP contribution is 1.95. The van der Waals surface area contributed by atoms with E-state index in [0.29, 0.717) is 6.67 Å². The van der Waals surface area contributed by atoms with Crippen LogP contribution in [0.1, 0.15) is 0 Å². The summed E-state index contributed by atoms with van der Waals surface area (Å²) in [6.45, 7) is 0.517. The highest BCUT2D eigenvalue weighted by Gasteiger charge is 2.02. The minimum absolute atomic E-state index is 0.517. The Labute approximate surface area is 53.6 Å². The van der Waals surface area contributed by atoms with Crippen LogP contribution in [-0.4, -0.2) is 37.2 Å². The third-order valence-corrected chi connectivity index (χ3v) is 0.970. The molecule has 1 heterocycles. The van der Waals surface area contributed by atoms with Gasteiger partial charge in [-0.1, -0.05) is 0 Å². The average Bonchev–Trinajstić information content (AvgIpc) is 1.90. The number of azo groups is 1. The minimum Gasteiger partial charge on any atom is -0.209 e. The summed E-state index contributed by atoms with van der Waals surface area (Å²) in [5, 5.41) is 14.8. The molecular weight excluding hydrogens is 118 g/mol. The number of hydrazine groups is 1. The van der Waals surface area contributed by atoms with Crippen LogP contribution in [0, 0.1) is 0 Å². The van der Waals surface area contributed by atoms with Crippen molar-refractivity contribution in [3.63, 3.8) is 0 Å². The SMILES string of the molecule is CN(C)N1CN=NC=N1. The van der Waals surface area contributed by atoms with Crippen LogP contribution in [0.25, 0.3) is 0 Å². The van der Waals surface area contributed by atoms with Crippen molar-refractivity contribution in [3.8, 4) is 0 Å². The van der Waals surface area contributed by atoms with Crippen molar-refractivity contribution in [1.29, 1.82) is 0 Å². The number of hydrogen-bond acceptors (Lipinski definition) is 5. The van der Waals surface area contributed by atoms with Crippen molar-refractivity contribution in [3.05, 3.63) is 0 Å². The number of hydrogen-bond donors (Lipinski definition) is 0. The van der Waals surface area contributed by atoms with Crippen molar-refractivity contribution in [2.45, 2.75) is 0 Å². The predicted molar refractivity (Wildman–Crippen MR) is 33.7 cm³/mol. The van der Waals surface area contributed by atoms with Crippen LogP contribution in [-0.2, 0) is 0 Å². The number of hydrazone groups is 1. The van der Waals surface area contributed by atoms with E-state index in [1.54, 1.807) is 5.12 Å². The van der Waals surface area contributed by atoms with Gasteiger partial charge in [0.2, 0.25) is 0 Å². The van der Waals surface area contributed by atoms with E-state index in [1.807, 2.05) is 19.1 Å². The second-order valence-electron chi connectivity index (χ2n) is 1.85. The van der Waals surface area contributed by atoms with Crippen molar-refractivity contribution in [2.24, 2.45) is 15.3 Å². The van der Waals surface area contributed by atoms with Gasteiger partial charge in [-0.25, -0.2) is 10.1 Å². The molecular formula is C4H9N5. The van der Waals surface area contributed by atoms with Gasteiger partial charge >= 0.3 is 0 Å². The zero-order valence-corrected chi connectivity index (χ0v) is 5.52. The normalized spacial score (nSPS) is 17.4. The van der Waals surface area contributed by atoms with Gasteiger partial charge in [-0.05, 0) is 0 Å². The van der Waals surface area contributed by atoms with E-state index in [9.17, 15) is 0 Å². The molecule has 0 fully saturated rings. The Morgan fingerprint density at radius 3 is 2.67 bits per heavy atom. The number of nitrogens with zero attached hydrogens (tertiary/aromatic N) is 5. The largest absolute Gasteiger partial charge is 0.209 e. The lowest BCUT2D eigenvalue weighted by Gasteiger charge is -2.23. The van der Waals surface area contributed by atoms with E-state index in [-0.39, 0.29) is 0 Å². The van der Waals surface area contributed by atoms with E-state index >= 15 is 0 Å². The highest BCUT2D eigenvalue weighted by molar-refractivity contribution is 5.54. The monoisotopic (exact) mass is 127 g/mol. The molecule has 1 aliphatic rings. The standard InChI is InChI=1S/C4H9N5/c1-8(2)9-4-6-5-3-7-9/h3H,4H2,1-2H3. The summed E-state index contributed by atoms with van der Waals surface area (Å²) >= 11 is 0. The predicted octanol–water partition coefficient (Wildman–Crippen LogP) is 0.132. The lowest BCUT2D eigenvalue weighted by atomic mass is 11.0. The third kappa shape index (κ3) is 1.46. The first-order valence-electron chi connectivity index (χ1n) is 2.64. The number of rotatable bonds is 1. The highest BCUT2D eigenvalue weighted by atomic mass is 15.8. The van der Waals surface area contributed by atoms with Gasteiger partial charge in [0, 0.05) is 14.1 Å². The molecule has 0 aromatic carbocycles. The van der Waals surface area contributed by atoms with Gasteiger partial charge in [0.15, 0.2) is 13.0 Å². The van der Waals surface area contributed by atoms with E-state index in [0.717, 1.165) is 0 Å². The maximum atomic E-state index is 3.90. The maximum Gasteiger partial charge on any atom is 0.165 e. The van der Waals surface area contributed by atoms with E-state index in [1.165, 1.54) is 6.34 Å². The Bertz CT molecular complexity index is 138. The van der Waals surface area contributed by atoms with Gasteiger partial charge in [-0.3, -0.25) is 0 Å². The second kappa shape index (κ2) is 2.54. The first kappa shape index (κ1) is 6.15. The van der Waals surface area contributed by atoms with Gasteiger partial charge in [0.25, 0.3) is 0 Å². The Kier molecular flexibility index (Phi) is 1.74. The van der Waals surface area contributed by atoms with Crippen LogP contribution in [0.4, 0.5) is 0 Å². The molecule has 0 bridgehead atoms. The molecule has 0 amide bonds. The summed E-state index contributed by atoms with van der Waals surface area (Å²) in [5.74, 6) is 0. The van der Waals surface area contributed by atoms with Crippen LogP contribution in [0.5, 0.6) is 0 Å². The van der Waals surface area contributed by atoms with E-state index < -0.39 is 0 Å². The molecule has 1 aliphatic heterocycles. The quantitative estimate of drug-likeness (QED) is 0.502. The molecule has 0 saturated carbocycles. The van der Waals surface area contributed by atoms with Gasteiger partial charge in [-0.2, -0.15) is 5.11 Å². The summed E-state index contributed by atoms with van der Waals surface area (Å²) in [4.78, 5) is 0. The molecule has 0 saturated heterocycles. The first-order chi connectivity index (χ1) is 4.30.